The highest BCUT2D eigenvalue weighted by Gasteiger charge is 2.50. The number of fused-ring (bicyclic) bond motifs is 2. The summed E-state index contributed by atoms with van der Waals surface area (Å²) < 4.78 is 0. The van der Waals surface area contributed by atoms with Gasteiger partial charge in [-0.05, 0) is 6.07 Å². The van der Waals surface area contributed by atoms with Crippen LogP contribution < -0.4 is 10.7 Å². The van der Waals surface area contributed by atoms with Crippen LogP contribution in [0, 0.1) is 10.1 Å². The molecule has 0 fully saturated rings. The predicted molar refractivity (Wildman–Crippen MR) is 84.1 cm³/mol. The Morgan fingerprint density at radius 2 is 2.00 bits per heavy atom. The summed E-state index contributed by atoms with van der Waals surface area (Å²) in [5.74, 6) is -0.164. The molecule has 2 N–H and O–H groups in total. The molecule has 2 aromatic rings. The molecule has 2 aliphatic rings. The Morgan fingerprint density at radius 3 is 2.83 bits per heavy atom. The van der Waals surface area contributed by atoms with Gasteiger partial charge in [0, 0.05) is 35.4 Å². The van der Waals surface area contributed by atoms with Crippen molar-refractivity contribution in [3.8, 4) is 0 Å². The van der Waals surface area contributed by atoms with Crippen molar-refractivity contribution in [3.05, 3.63) is 69.8 Å². The van der Waals surface area contributed by atoms with Crippen molar-refractivity contribution in [2.24, 2.45) is 5.10 Å². The van der Waals surface area contributed by atoms with Crippen molar-refractivity contribution in [2.75, 3.05) is 5.32 Å². The predicted octanol–water partition coefficient (Wildman–Crippen LogP) is 2.14. The maximum Gasteiger partial charge on any atom is 0.270 e. The van der Waals surface area contributed by atoms with E-state index >= 15 is 0 Å². The molecule has 1 atom stereocenters. The van der Waals surface area contributed by atoms with Crippen molar-refractivity contribution >= 4 is 23.0 Å². The summed E-state index contributed by atoms with van der Waals surface area (Å²) in [7, 11) is 0. The van der Waals surface area contributed by atoms with E-state index in [-0.39, 0.29) is 11.6 Å². The Bertz CT molecular complexity index is 877. The second-order valence-corrected chi connectivity index (χ2v) is 5.56. The molecule has 2 heterocycles. The molecule has 0 radical (unpaired) electrons. The van der Waals surface area contributed by atoms with Crippen molar-refractivity contribution in [1.29, 1.82) is 0 Å². The van der Waals surface area contributed by atoms with Crippen LogP contribution in [0.5, 0.6) is 0 Å². The van der Waals surface area contributed by atoms with Gasteiger partial charge < -0.3 is 5.32 Å². The number of para-hydroxylation sites is 1. The number of rotatable bonds is 2. The molecule has 1 amide bonds. The number of hydrogen-bond acceptors (Lipinski definition) is 5. The number of hydrogen-bond donors (Lipinski definition) is 2. The fourth-order valence-electron chi connectivity index (χ4n) is 3.06. The van der Waals surface area contributed by atoms with E-state index in [4.69, 9.17) is 0 Å². The number of amides is 1. The molecule has 2 aromatic carbocycles. The van der Waals surface area contributed by atoms with Crippen LogP contribution in [0.3, 0.4) is 0 Å². The number of nitro groups is 1. The maximum atomic E-state index is 12.5. The minimum atomic E-state index is -0.934. The highest BCUT2D eigenvalue weighted by molar-refractivity contribution is 6.13. The third-order valence-electron chi connectivity index (χ3n) is 4.23. The Kier molecular flexibility index (Phi) is 2.71. The van der Waals surface area contributed by atoms with Gasteiger partial charge in [-0.2, -0.15) is 5.10 Å². The van der Waals surface area contributed by atoms with Gasteiger partial charge in [0.1, 0.15) is 0 Å². The lowest BCUT2D eigenvalue weighted by atomic mass is 9.86. The minimum Gasteiger partial charge on any atom is -0.323 e. The summed E-state index contributed by atoms with van der Waals surface area (Å²) in [6.45, 7) is 0. The molecule has 7 heteroatoms. The standard InChI is InChI=1S/C16H12N4O3/c21-15-16(12-6-1-2-7-13(12)17-15)9-14(18-19-16)10-4-3-5-11(8-10)20(22)23/h1-8,19H,9H2,(H,17,21)/t16-/m0/s1. The number of nitro benzene ring substituents is 1. The van der Waals surface area contributed by atoms with Crippen molar-refractivity contribution in [2.45, 2.75) is 12.0 Å². The number of non-ortho nitro benzene ring substituents is 1. The number of hydrazone groups is 1. The van der Waals surface area contributed by atoms with E-state index in [1.165, 1.54) is 12.1 Å². The number of carbonyl (C=O) groups excluding carboxylic acids is 1. The molecule has 0 saturated heterocycles. The Labute approximate surface area is 131 Å². The average Bonchev–Trinajstić information content (AvgIpc) is 3.12. The van der Waals surface area contributed by atoms with Crippen LogP contribution in [-0.4, -0.2) is 16.5 Å². The van der Waals surface area contributed by atoms with Crippen molar-refractivity contribution in [1.82, 2.24) is 5.43 Å². The van der Waals surface area contributed by atoms with Gasteiger partial charge in [-0.25, -0.2) is 0 Å². The summed E-state index contributed by atoms with van der Waals surface area (Å²) in [6.07, 6.45) is 0.344. The summed E-state index contributed by atoms with van der Waals surface area (Å²) in [5.41, 5.74) is 4.88. The Hall–Kier alpha value is -3.22. The fraction of sp³-hybridized carbons (Fsp3) is 0.125. The van der Waals surface area contributed by atoms with Crippen molar-refractivity contribution in [3.63, 3.8) is 0 Å². The summed E-state index contributed by atoms with van der Waals surface area (Å²) in [5, 5.41) is 18.0. The molecule has 1 spiro atoms. The molecule has 2 aliphatic heterocycles. The molecule has 114 valence electrons. The van der Waals surface area contributed by atoms with Gasteiger partial charge >= 0.3 is 0 Å². The lowest BCUT2D eigenvalue weighted by Gasteiger charge is -2.20. The Balaban J connectivity index is 1.71. The van der Waals surface area contributed by atoms with Gasteiger partial charge in [-0.15, -0.1) is 0 Å². The molecule has 0 aromatic heterocycles. The number of benzene rings is 2. The molecule has 0 unspecified atom stereocenters. The number of nitrogens with zero attached hydrogens (tertiary/aromatic N) is 2. The molecule has 23 heavy (non-hydrogen) atoms. The maximum absolute atomic E-state index is 12.5. The normalized spacial score (nSPS) is 21.6. The van der Waals surface area contributed by atoms with Gasteiger partial charge in [-0.3, -0.25) is 20.3 Å². The zero-order valence-corrected chi connectivity index (χ0v) is 11.9. The van der Waals surface area contributed by atoms with Crippen LogP contribution in [-0.2, 0) is 10.3 Å². The van der Waals surface area contributed by atoms with E-state index < -0.39 is 10.5 Å². The van der Waals surface area contributed by atoms with Crippen LogP contribution in [0.15, 0.2) is 53.6 Å². The topological polar surface area (TPSA) is 96.6 Å². The van der Waals surface area contributed by atoms with E-state index in [1.54, 1.807) is 12.1 Å². The van der Waals surface area contributed by atoms with E-state index in [0.717, 1.165) is 11.3 Å². The quantitative estimate of drug-likeness (QED) is 0.656. The van der Waals surface area contributed by atoms with E-state index in [0.29, 0.717) is 17.7 Å². The minimum absolute atomic E-state index is 0.00224. The summed E-state index contributed by atoms with van der Waals surface area (Å²) >= 11 is 0. The molecule has 0 bridgehead atoms. The molecular formula is C16H12N4O3. The highest BCUT2D eigenvalue weighted by Crippen LogP contribution is 2.41. The SMILES string of the molecule is O=C1Nc2ccccc2[C@@]12CC(c1cccc([N+](=O)[O-])c1)=NN2. The third kappa shape index (κ3) is 1.90. The molecule has 4 rings (SSSR count). The first-order valence-electron chi connectivity index (χ1n) is 7.10. The molecule has 0 saturated carbocycles. The van der Waals surface area contributed by atoms with Crippen LogP contribution in [0.1, 0.15) is 17.5 Å². The second-order valence-electron chi connectivity index (χ2n) is 5.56. The second kappa shape index (κ2) is 4.64. The zero-order valence-electron chi connectivity index (χ0n) is 11.9. The highest BCUT2D eigenvalue weighted by atomic mass is 16.6. The molecule has 7 nitrogen and oxygen atoms in total. The van der Waals surface area contributed by atoms with Crippen LogP contribution in [0.25, 0.3) is 0 Å². The van der Waals surface area contributed by atoms with Crippen LogP contribution >= 0.6 is 0 Å². The van der Waals surface area contributed by atoms with E-state index in [1.807, 2.05) is 24.3 Å². The first kappa shape index (κ1) is 13.4. The number of anilines is 1. The lowest BCUT2D eigenvalue weighted by Crippen LogP contribution is -2.42. The third-order valence-corrected chi connectivity index (χ3v) is 4.23. The largest absolute Gasteiger partial charge is 0.323 e. The summed E-state index contributed by atoms with van der Waals surface area (Å²) in [4.78, 5) is 22.9. The number of nitrogens with one attached hydrogen (secondary N) is 2. The van der Waals surface area contributed by atoms with Gasteiger partial charge in [0.15, 0.2) is 5.54 Å². The fourth-order valence-corrected chi connectivity index (χ4v) is 3.06. The smallest absolute Gasteiger partial charge is 0.270 e. The molecule has 0 aliphatic carbocycles. The monoisotopic (exact) mass is 308 g/mol. The van der Waals surface area contributed by atoms with Gasteiger partial charge in [0.2, 0.25) is 0 Å². The van der Waals surface area contributed by atoms with Gasteiger partial charge in [-0.1, -0.05) is 30.3 Å². The van der Waals surface area contributed by atoms with Crippen molar-refractivity contribution < 1.29 is 9.72 Å². The van der Waals surface area contributed by atoms with Gasteiger partial charge in [0.05, 0.1) is 10.6 Å². The van der Waals surface area contributed by atoms with Crippen LogP contribution in [0.2, 0.25) is 0 Å². The first-order valence-corrected chi connectivity index (χ1v) is 7.10. The number of carbonyl (C=O) groups is 1. The van der Waals surface area contributed by atoms with Gasteiger partial charge in [0.25, 0.3) is 11.6 Å². The summed E-state index contributed by atoms with van der Waals surface area (Å²) in [6, 6.07) is 13.7. The average molecular weight is 308 g/mol. The Morgan fingerprint density at radius 1 is 1.17 bits per heavy atom. The lowest BCUT2D eigenvalue weighted by molar-refractivity contribution is -0.384. The van der Waals surface area contributed by atoms with E-state index in [2.05, 4.69) is 15.8 Å². The van der Waals surface area contributed by atoms with E-state index in [9.17, 15) is 14.9 Å². The molecular weight excluding hydrogens is 296 g/mol. The first-order chi connectivity index (χ1) is 11.1. The van der Waals surface area contributed by atoms with Crippen LogP contribution in [0.4, 0.5) is 11.4 Å². The zero-order chi connectivity index (χ0) is 16.0.